The molecule has 2 N–H and O–H groups in total. The van der Waals surface area contributed by atoms with Gasteiger partial charge in [0.25, 0.3) is 0 Å². The Bertz CT molecular complexity index is 510. The molecule has 0 amide bonds. The fourth-order valence-corrected chi connectivity index (χ4v) is 2.14. The Kier molecular flexibility index (Phi) is 13.3. The third kappa shape index (κ3) is 9.74. The average molecular weight is 465 g/mol. The van der Waals surface area contributed by atoms with Crippen LogP contribution in [-0.4, -0.2) is 53.5 Å². The van der Waals surface area contributed by atoms with Crippen LogP contribution in [0.4, 0.5) is 0 Å². The van der Waals surface area contributed by atoms with E-state index in [1.807, 2.05) is 18.2 Å². The molecular formula is C18H32IN3O3. The number of aliphatic imine (C=N–C) groups is 1. The van der Waals surface area contributed by atoms with Gasteiger partial charge in [-0.3, -0.25) is 4.99 Å². The molecule has 0 aliphatic heterocycles. The van der Waals surface area contributed by atoms with Crippen molar-refractivity contribution in [1.82, 2.24) is 10.6 Å². The van der Waals surface area contributed by atoms with Crippen molar-refractivity contribution in [2.45, 2.75) is 20.3 Å². The molecule has 144 valence electrons. The van der Waals surface area contributed by atoms with Crippen LogP contribution in [0.2, 0.25) is 0 Å². The van der Waals surface area contributed by atoms with E-state index in [2.05, 4.69) is 29.5 Å². The van der Waals surface area contributed by atoms with Gasteiger partial charge >= 0.3 is 0 Å². The molecule has 0 aliphatic carbocycles. The van der Waals surface area contributed by atoms with Crippen LogP contribution < -0.4 is 20.1 Å². The molecule has 0 saturated heterocycles. The first-order chi connectivity index (χ1) is 11.6. The Labute approximate surface area is 168 Å². The zero-order valence-corrected chi connectivity index (χ0v) is 18.3. The predicted octanol–water partition coefficient (Wildman–Crippen LogP) is 2.70. The highest BCUT2D eigenvalue weighted by Crippen LogP contribution is 2.27. The van der Waals surface area contributed by atoms with Crippen molar-refractivity contribution < 1.29 is 14.2 Å². The number of hydrogen-bond acceptors (Lipinski definition) is 4. The Balaban J connectivity index is 0.00000576. The second-order valence-corrected chi connectivity index (χ2v) is 5.83. The maximum atomic E-state index is 5.54. The summed E-state index contributed by atoms with van der Waals surface area (Å²) < 4.78 is 16.1. The van der Waals surface area contributed by atoms with Crippen molar-refractivity contribution in [3.63, 3.8) is 0 Å². The summed E-state index contributed by atoms with van der Waals surface area (Å²) >= 11 is 0. The molecule has 0 aliphatic rings. The summed E-state index contributed by atoms with van der Waals surface area (Å²) in [5.74, 6) is 2.83. The number of nitrogens with zero attached hydrogens (tertiary/aromatic N) is 1. The molecule has 1 rings (SSSR count). The van der Waals surface area contributed by atoms with Gasteiger partial charge in [0, 0.05) is 26.7 Å². The van der Waals surface area contributed by atoms with Gasteiger partial charge in [-0.15, -0.1) is 24.0 Å². The summed E-state index contributed by atoms with van der Waals surface area (Å²) in [5.41, 5.74) is 1.18. The van der Waals surface area contributed by atoms with Crippen LogP contribution in [0.5, 0.6) is 11.5 Å². The minimum absolute atomic E-state index is 0. The highest BCUT2D eigenvalue weighted by Gasteiger charge is 2.05. The molecule has 0 atom stereocenters. The zero-order valence-electron chi connectivity index (χ0n) is 15.9. The third-order valence-electron chi connectivity index (χ3n) is 3.37. The number of hydrogen-bond donors (Lipinski definition) is 2. The molecule has 0 aromatic heterocycles. The lowest BCUT2D eigenvalue weighted by molar-refractivity contribution is 0.114. The van der Waals surface area contributed by atoms with Gasteiger partial charge in [0.05, 0.1) is 20.8 Å². The van der Waals surface area contributed by atoms with Crippen molar-refractivity contribution in [2.24, 2.45) is 10.9 Å². The number of guanidine groups is 1. The first kappa shape index (κ1) is 23.8. The van der Waals surface area contributed by atoms with Gasteiger partial charge in [0.1, 0.15) is 0 Å². The molecule has 0 bridgehead atoms. The van der Waals surface area contributed by atoms with Crippen molar-refractivity contribution in [2.75, 3.05) is 47.6 Å². The summed E-state index contributed by atoms with van der Waals surface area (Å²) in [7, 11) is 5.05. The molecular weight excluding hydrogens is 433 g/mol. The summed E-state index contributed by atoms with van der Waals surface area (Å²) in [5, 5.41) is 6.53. The first-order valence-corrected chi connectivity index (χ1v) is 8.33. The van der Waals surface area contributed by atoms with E-state index in [-0.39, 0.29) is 24.0 Å². The molecule has 25 heavy (non-hydrogen) atoms. The van der Waals surface area contributed by atoms with Crippen LogP contribution in [-0.2, 0) is 11.2 Å². The molecule has 1 aromatic rings. The minimum atomic E-state index is 0. The van der Waals surface area contributed by atoms with Crippen molar-refractivity contribution in [3.05, 3.63) is 23.8 Å². The lowest BCUT2D eigenvalue weighted by atomic mass is 10.1. The number of rotatable bonds is 10. The summed E-state index contributed by atoms with van der Waals surface area (Å²) in [4.78, 5) is 4.21. The molecule has 0 saturated carbocycles. The number of benzene rings is 1. The lowest BCUT2D eigenvalue weighted by Gasteiger charge is -2.13. The maximum absolute atomic E-state index is 5.54. The van der Waals surface area contributed by atoms with E-state index >= 15 is 0 Å². The molecule has 6 nitrogen and oxygen atoms in total. The summed E-state index contributed by atoms with van der Waals surface area (Å²) in [6, 6.07) is 5.96. The van der Waals surface area contributed by atoms with E-state index in [0.29, 0.717) is 12.5 Å². The molecule has 7 heteroatoms. The molecule has 0 radical (unpaired) electrons. The summed E-state index contributed by atoms with van der Waals surface area (Å²) in [6.45, 7) is 7.26. The lowest BCUT2D eigenvalue weighted by Crippen LogP contribution is -2.39. The normalized spacial score (nSPS) is 11.0. The first-order valence-electron chi connectivity index (χ1n) is 8.33. The van der Waals surface area contributed by atoms with Gasteiger partial charge in [0.2, 0.25) is 0 Å². The van der Waals surface area contributed by atoms with E-state index in [0.717, 1.165) is 43.6 Å². The van der Waals surface area contributed by atoms with E-state index in [1.54, 1.807) is 21.3 Å². The number of methoxy groups -OCH3 is 2. The second kappa shape index (κ2) is 14.0. The molecule has 1 aromatic carbocycles. The molecule has 0 heterocycles. The van der Waals surface area contributed by atoms with Gasteiger partial charge < -0.3 is 24.8 Å². The Morgan fingerprint density at radius 3 is 2.36 bits per heavy atom. The smallest absolute Gasteiger partial charge is 0.191 e. The number of ether oxygens (including phenoxy) is 3. The van der Waals surface area contributed by atoms with Crippen molar-refractivity contribution >= 4 is 29.9 Å². The van der Waals surface area contributed by atoms with Crippen molar-refractivity contribution in [1.29, 1.82) is 0 Å². The number of halogens is 1. The molecule has 0 unspecified atom stereocenters. The molecule has 0 spiro atoms. The summed E-state index contributed by atoms with van der Waals surface area (Å²) in [6.07, 6.45) is 0.866. The highest BCUT2D eigenvalue weighted by molar-refractivity contribution is 14.0. The van der Waals surface area contributed by atoms with E-state index in [1.165, 1.54) is 5.56 Å². The van der Waals surface area contributed by atoms with Gasteiger partial charge in [-0.2, -0.15) is 0 Å². The zero-order chi connectivity index (χ0) is 17.8. The standard InChI is InChI=1S/C18H31N3O3.HI/c1-14(2)13-24-11-10-21-18(19-3)20-9-8-15-6-7-16(22-4)17(12-15)23-5;/h6-7,12,14H,8-11,13H2,1-5H3,(H2,19,20,21);1H. The monoisotopic (exact) mass is 465 g/mol. The SMILES string of the molecule is CN=C(NCCOCC(C)C)NCCc1ccc(OC)c(OC)c1.I. The van der Waals surface area contributed by atoms with E-state index in [9.17, 15) is 0 Å². The Hall–Kier alpha value is -1.22. The van der Waals surface area contributed by atoms with Crippen LogP contribution in [0.3, 0.4) is 0 Å². The predicted molar refractivity (Wildman–Crippen MR) is 114 cm³/mol. The van der Waals surface area contributed by atoms with Crippen LogP contribution in [0.15, 0.2) is 23.2 Å². The number of nitrogens with one attached hydrogen (secondary N) is 2. The maximum Gasteiger partial charge on any atom is 0.191 e. The van der Waals surface area contributed by atoms with Crippen LogP contribution in [0, 0.1) is 5.92 Å². The quantitative estimate of drug-likeness (QED) is 0.241. The average Bonchev–Trinajstić information content (AvgIpc) is 2.59. The Morgan fingerprint density at radius 1 is 1.08 bits per heavy atom. The molecule has 0 fully saturated rings. The Morgan fingerprint density at radius 2 is 1.76 bits per heavy atom. The highest BCUT2D eigenvalue weighted by atomic mass is 127. The van der Waals surface area contributed by atoms with Gasteiger partial charge in [0.15, 0.2) is 17.5 Å². The van der Waals surface area contributed by atoms with Crippen LogP contribution >= 0.6 is 24.0 Å². The second-order valence-electron chi connectivity index (χ2n) is 5.83. The fraction of sp³-hybridized carbons (Fsp3) is 0.611. The van der Waals surface area contributed by atoms with E-state index < -0.39 is 0 Å². The van der Waals surface area contributed by atoms with E-state index in [4.69, 9.17) is 14.2 Å². The minimum Gasteiger partial charge on any atom is -0.493 e. The van der Waals surface area contributed by atoms with Gasteiger partial charge in [-0.05, 0) is 30.0 Å². The third-order valence-corrected chi connectivity index (χ3v) is 3.37. The van der Waals surface area contributed by atoms with Gasteiger partial charge in [-0.1, -0.05) is 19.9 Å². The largest absolute Gasteiger partial charge is 0.493 e. The fourth-order valence-electron chi connectivity index (χ4n) is 2.14. The van der Waals surface area contributed by atoms with Crippen LogP contribution in [0.1, 0.15) is 19.4 Å². The van der Waals surface area contributed by atoms with Gasteiger partial charge in [-0.25, -0.2) is 0 Å². The topological polar surface area (TPSA) is 64.1 Å². The van der Waals surface area contributed by atoms with Crippen LogP contribution in [0.25, 0.3) is 0 Å². The van der Waals surface area contributed by atoms with Crippen molar-refractivity contribution in [3.8, 4) is 11.5 Å².